The fourth-order valence-electron chi connectivity index (χ4n) is 5.28. The maximum Gasteiger partial charge on any atom is 0.249 e. The topological polar surface area (TPSA) is 76.0 Å². The molecular formula is C22H24F4N2O2. The van der Waals surface area contributed by atoms with Gasteiger partial charge in [0.05, 0.1) is 16.5 Å². The predicted molar refractivity (Wildman–Crippen MR) is 105 cm³/mol. The third-order valence-electron chi connectivity index (χ3n) is 6.79. The van der Waals surface area contributed by atoms with Crippen molar-refractivity contribution >= 4 is 16.8 Å². The highest BCUT2D eigenvalue weighted by Gasteiger charge is 2.47. The van der Waals surface area contributed by atoms with Crippen LogP contribution in [0.15, 0.2) is 29.1 Å². The van der Waals surface area contributed by atoms with Crippen LogP contribution in [0.3, 0.4) is 0 Å². The molecule has 0 unspecified atom stereocenters. The molecule has 0 aliphatic heterocycles. The van der Waals surface area contributed by atoms with Crippen LogP contribution < -0.4 is 11.2 Å². The Morgan fingerprint density at radius 2 is 1.70 bits per heavy atom. The zero-order valence-electron chi connectivity index (χ0n) is 16.4. The number of benzene rings is 1. The number of nitrogens with one attached hydrogen (secondary N) is 1. The molecule has 8 heteroatoms. The first-order valence-electron chi connectivity index (χ1n) is 10.3. The van der Waals surface area contributed by atoms with Crippen LogP contribution in [0, 0.1) is 11.8 Å². The number of nitrogens with two attached hydrogens (primary N) is 1. The molecule has 1 amide bonds. The van der Waals surface area contributed by atoms with Gasteiger partial charge >= 0.3 is 0 Å². The van der Waals surface area contributed by atoms with Crippen molar-refractivity contribution in [3.63, 3.8) is 0 Å². The molecule has 0 bridgehead atoms. The molecule has 2 aliphatic carbocycles. The summed E-state index contributed by atoms with van der Waals surface area (Å²) in [4.78, 5) is 27.5. The molecule has 2 saturated carbocycles. The van der Waals surface area contributed by atoms with Gasteiger partial charge in [0.25, 0.3) is 0 Å². The van der Waals surface area contributed by atoms with Gasteiger partial charge < -0.3 is 10.7 Å². The number of primary amides is 1. The molecule has 0 saturated heterocycles. The van der Waals surface area contributed by atoms with E-state index in [1.807, 2.05) is 0 Å². The van der Waals surface area contributed by atoms with E-state index in [0.717, 1.165) is 0 Å². The number of aromatic amines is 1. The number of carbonyl (C=O) groups excluding carboxylic acids is 1. The van der Waals surface area contributed by atoms with E-state index in [2.05, 4.69) is 4.98 Å². The second kappa shape index (κ2) is 7.39. The number of pyridine rings is 1. The van der Waals surface area contributed by atoms with E-state index in [-0.39, 0.29) is 48.5 Å². The van der Waals surface area contributed by atoms with E-state index in [9.17, 15) is 27.2 Å². The summed E-state index contributed by atoms with van der Waals surface area (Å²) >= 11 is 0. The minimum Gasteiger partial charge on any atom is -0.366 e. The van der Waals surface area contributed by atoms with Crippen LogP contribution >= 0.6 is 0 Å². The van der Waals surface area contributed by atoms with E-state index >= 15 is 0 Å². The lowest BCUT2D eigenvalue weighted by Crippen LogP contribution is -2.38. The Kier molecular flexibility index (Phi) is 5.14. The number of hydrogen-bond donors (Lipinski definition) is 2. The van der Waals surface area contributed by atoms with Crippen molar-refractivity contribution in [3.05, 3.63) is 45.7 Å². The third kappa shape index (κ3) is 3.96. The quantitative estimate of drug-likeness (QED) is 0.683. The third-order valence-corrected chi connectivity index (χ3v) is 6.79. The van der Waals surface area contributed by atoms with Gasteiger partial charge in [0.15, 0.2) is 5.43 Å². The van der Waals surface area contributed by atoms with Crippen LogP contribution in [-0.2, 0) is 0 Å². The number of hydrogen-bond acceptors (Lipinski definition) is 2. The lowest BCUT2D eigenvalue weighted by atomic mass is 9.65. The van der Waals surface area contributed by atoms with Crippen LogP contribution in [0.1, 0.15) is 66.9 Å². The molecule has 2 fully saturated rings. The number of amides is 1. The second-order valence-electron chi connectivity index (χ2n) is 8.74. The lowest BCUT2D eigenvalue weighted by molar-refractivity contribution is -0.0840. The standard InChI is InChI=1S/C22H24F4N2O2/c23-21(24)7-4-12(5-8-21)13-6-9-22(25,26)11-15(13)17-10-18(29)19-14(20(27)30)2-1-3-16(19)28-17/h1-3,10,12-13,15H,4-9,11H2,(H2,27,30)(H,28,29)/t13-,15+/m0/s1. The highest BCUT2D eigenvalue weighted by Crippen LogP contribution is 2.51. The Morgan fingerprint density at radius 1 is 1.03 bits per heavy atom. The molecule has 3 N–H and O–H groups in total. The smallest absolute Gasteiger partial charge is 0.249 e. The van der Waals surface area contributed by atoms with Crippen LogP contribution in [0.2, 0.25) is 0 Å². The van der Waals surface area contributed by atoms with Crippen LogP contribution in [-0.4, -0.2) is 22.7 Å². The van der Waals surface area contributed by atoms with Crippen molar-refractivity contribution in [2.45, 2.75) is 62.7 Å². The highest BCUT2D eigenvalue weighted by atomic mass is 19.3. The summed E-state index contributed by atoms with van der Waals surface area (Å²) in [6.07, 6.45) is -0.338. The molecule has 162 valence electrons. The summed E-state index contributed by atoms with van der Waals surface area (Å²) in [5.74, 6) is -7.23. The summed E-state index contributed by atoms with van der Waals surface area (Å²) in [5.41, 5.74) is 5.69. The van der Waals surface area contributed by atoms with Crippen LogP contribution in [0.5, 0.6) is 0 Å². The summed E-state index contributed by atoms with van der Waals surface area (Å²) in [7, 11) is 0. The molecule has 2 aliphatic rings. The molecule has 2 aromatic rings. The minimum absolute atomic E-state index is 0.0698. The molecule has 4 rings (SSSR count). The van der Waals surface area contributed by atoms with Crippen LogP contribution in [0.25, 0.3) is 10.9 Å². The molecule has 1 aromatic carbocycles. The molecular weight excluding hydrogens is 400 g/mol. The van der Waals surface area contributed by atoms with Crippen molar-refractivity contribution in [2.75, 3.05) is 0 Å². The number of fused-ring (bicyclic) bond motifs is 1. The van der Waals surface area contributed by atoms with Gasteiger partial charge in [0, 0.05) is 43.4 Å². The zero-order chi connectivity index (χ0) is 21.7. The monoisotopic (exact) mass is 424 g/mol. The Labute approximate surface area is 170 Å². The van der Waals surface area contributed by atoms with E-state index in [1.165, 1.54) is 12.1 Å². The van der Waals surface area contributed by atoms with E-state index in [4.69, 9.17) is 5.73 Å². The maximum absolute atomic E-state index is 14.3. The van der Waals surface area contributed by atoms with E-state index in [0.29, 0.717) is 24.1 Å². The average Bonchev–Trinajstić information content (AvgIpc) is 2.67. The van der Waals surface area contributed by atoms with Crippen molar-refractivity contribution in [3.8, 4) is 0 Å². The van der Waals surface area contributed by atoms with Gasteiger partial charge in [-0.15, -0.1) is 0 Å². The number of aromatic nitrogens is 1. The number of alkyl halides is 4. The maximum atomic E-state index is 14.3. The molecule has 30 heavy (non-hydrogen) atoms. The number of rotatable bonds is 3. The Bertz CT molecular complexity index is 1020. The minimum atomic E-state index is -2.87. The van der Waals surface area contributed by atoms with E-state index < -0.39 is 35.5 Å². The van der Waals surface area contributed by atoms with Crippen molar-refractivity contribution in [1.29, 1.82) is 0 Å². The Morgan fingerprint density at radius 3 is 2.37 bits per heavy atom. The fraction of sp³-hybridized carbons (Fsp3) is 0.545. The summed E-state index contributed by atoms with van der Waals surface area (Å²) in [5, 5.41) is 0.130. The van der Waals surface area contributed by atoms with Crippen LogP contribution in [0.4, 0.5) is 17.6 Å². The van der Waals surface area contributed by atoms with E-state index in [1.54, 1.807) is 12.1 Å². The van der Waals surface area contributed by atoms with Crippen molar-refractivity contribution in [1.82, 2.24) is 4.98 Å². The fourth-order valence-corrected chi connectivity index (χ4v) is 5.28. The second-order valence-corrected chi connectivity index (χ2v) is 8.74. The normalized spacial score (nSPS) is 26.5. The molecule has 2 atom stereocenters. The van der Waals surface area contributed by atoms with Crippen molar-refractivity contribution < 1.29 is 22.4 Å². The van der Waals surface area contributed by atoms with Gasteiger partial charge in [-0.2, -0.15) is 0 Å². The first-order chi connectivity index (χ1) is 14.1. The number of halogens is 4. The Hall–Kier alpha value is -2.38. The molecule has 0 spiro atoms. The van der Waals surface area contributed by atoms with Gasteiger partial charge in [-0.1, -0.05) is 6.07 Å². The largest absolute Gasteiger partial charge is 0.366 e. The number of H-pyrrole nitrogens is 1. The summed E-state index contributed by atoms with van der Waals surface area (Å²) in [6.45, 7) is 0. The summed E-state index contributed by atoms with van der Waals surface area (Å²) < 4.78 is 55.9. The molecule has 1 heterocycles. The van der Waals surface area contributed by atoms with Gasteiger partial charge in [-0.3, -0.25) is 9.59 Å². The Balaban J connectivity index is 1.74. The van der Waals surface area contributed by atoms with Gasteiger partial charge in [-0.25, -0.2) is 17.6 Å². The molecule has 1 aromatic heterocycles. The average molecular weight is 424 g/mol. The van der Waals surface area contributed by atoms with Gasteiger partial charge in [0.2, 0.25) is 17.8 Å². The van der Waals surface area contributed by atoms with Crippen molar-refractivity contribution in [2.24, 2.45) is 17.6 Å². The zero-order valence-corrected chi connectivity index (χ0v) is 16.4. The first kappa shape index (κ1) is 20.9. The molecule has 0 radical (unpaired) electrons. The first-order valence-corrected chi connectivity index (χ1v) is 10.3. The number of carbonyl (C=O) groups is 1. The van der Waals surface area contributed by atoms with Gasteiger partial charge in [0.1, 0.15) is 0 Å². The van der Waals surface area contributed by atoms with Gasteiger partial charge in [-0.05, 0) is 43.2 Å². The highest BCUT2D eigenvalue weighted by molar-refractivity contribution is 6.05. The summed E-state index contributed by atoms with van der Waals surface area (Å²) in [6, 6.07) is 5.88. The SMILES string of the molecule is NC(=O)c1cccc2[nH]c([C@@H]3CC(F)(F)CC[C@H]3C3CCC(F)(F)CC3)cc(=O)c12. The molecule has 4 nitrogen and oxygen atoms in total. The predicted octanol–water partition coefficient (Wildman–Crippen LogP) is 4.97. The lowest BCUT2D eigenvalue weighted by Gasteiger charge is -2.42.